The summed E-state index contributed by atoms with van der Waals surface area (Å²) in [6, 6.07) is 1.21. The third kappa shape index (κ3) is 3.69. The Hall–Kier alpha value is -0.120. The van der Waals surface area contributed by atoms with Crippen LogP contribution >= 0.6 is 0 Å². The number of hydrogen-bond donors (Lipinski definition) is 1. The predicted molar refractivity (Wildman–Crippen MR) is 75.9 cm³/mol. The standard InChI is InChI=1S/C15H30N2O/c1-15(2,3)8-7-13(16-4)14-10-17-9-5-6-12(17)11-18-14/h12-14,16H,5-11H2,1-4H3. The summed E-state index contributed by atoms with van der Waals surface area (Å²) in [4.78, 5) is 2.63. The zero-order valence-electron chi connectivity index (χ0n) is 12.5. The van der Waals surface area contributed by atoms with Crippen molar-refractivity contribution in [1.82, 2.24) is 10.2 Å². The molecule has 2 aliphatic rings. The third-order valence-electron chi connectivity index (χ3n) is 4.44. The van der Waals surface area contributed by atoms with E-state index in [1.165, 1.54) is 32.2 Å². The normalized spacial score (nSPS) is 31.3. The number of rotatable bonds is 4. The Bertz CT molecular complexity index is 262. The molecule has 106 valence electrons. The second-order valence-corrected chi connectivity index (χ2v) is 7.16. The summed E-state index contributed by atoms with van der Waals surface area (Å²) in [6.45, 7) is 10.3. The summed E-state index contributed by atoms with van der Waals surface area (Å²) in [5, 5.41) is 3.47. The van der Waals surface area contributed by atoms with E-state index >= 15 is 0 Å². The SMILES string of the molecule is CNC(CCC(C)(C)C)C1CN2CCCC2CO1. The van der Waals surface area contributed by atoms with Crippen LogP contribution in [0.25, 0.3) is 0 Å². The van der Waals surface area contributed by atoms with Gasteiger partial charge >= 0.3 is 0 Å². The van der Waals surface area contributed by atoms with Crippen molar-refractivity contribution in [3.05, 3.63) is 0 Å². The lowest BCUT2D eigenvalue weighted by molar-refractivity contribution is -0.0656. The highest BCUT2D eigenvalue weighted by molar-refractivity contribution is 4.90. The van der Waals surface area contributed by atoms with Crippen LogP contribution in [0.1, 0.15) is 46.5 Å². The van der Waals surface area contributed by atoms with E-state index in [1.807, 2.05) is 0 Å². The van der Waals surface area contributed by atoms with Gasteiger partial charge in [-0.2, -0.15) is 0 Å². The van der Waals surface area contributed by atoms with Crippen molar-refractivity contribution in [3.8, 4) is 0 Å². The van der Waals surface area contributed by atoms with Crippen LogP contribution < -0.4 is 5.32 Å². The zero-order valence-corrected chi connectivity index (χ0v) is 12.5. The molecule has 0 aliphatic carbocycles. The molecule has 2 aliphatic heterocycles. The minimum atomic E-state index is 0.381. The van der Waals surface area contributed by atoms with Gasteiger partial charge in [0, 0.05) is 18.6 Å². The van der Waals surface area contributed by atoms with Crippen molar-refractivity contribution >= 4 is 0 Å². The van der Waals surface area contributed by atoms with Gasteiger partial charge in [-0.15, -0.1) is 0 Å². The molecule has 18 heavy (non-hydrogen) atoms. The van der Waals surface area contributed by atoms with E-state index in [0.29, 0.717) is 23.6 Å². The van der Waals surface area contributed by atoms with Crippen LogP contribution in [0.3, 0.4) is 0 Å². The number of hydrogen-bond acceptors (Lipinski definition) is 3. The molecule has 0 aromatic heterocycles. The molecule has 0 bridgehead atoms. The molecule has 1 N–H and O–H groups in total. The summed E-state index contributed by atoms with van der Waals surface area (Å²) < 4.78 is 6.11. The fraction of sp³-hybridized carbons (Fsp3) is 1.00. The molecule has 0 radical (unpaired) electrons. The van der Waals surface area contributed by atoms with Crippen LogP contribution in [0.2, 0.25) is 0 Å². The van der Waals surface area contributed by atoms with E-state index in [4.69, 9.17) is 4.74 Å². The molecular weight excluding hydrogens is 224 g/mol. The first-order valence-corrected chi connectivity index (χ1v) is 7.52. The molecule has 0 amide bonds. The van der Waals surface area contributed by atoms with Crippen molar-refractivity contribution in [2.45, 2.75) is 64.6 Å². The Kier molecular flexibility index (Phi) is 4.68. The first-order chi connectivity index (χ1) is 8.49. The van der Waals surface area contributed by atoms with Gasteiger partial charge in [-0.25, -0.2) is 0 Å². The molecule has 0 aromatic rings. The van der Waals surface area contributed by atoms with Crippen LogP contribution in [0.4, 0.5) is 0 Å². The van der Waals surface area contributed by atoms with Crippen molar-refractivity contribution in [2.24, 2.45) is 5.41 Å². The first-order valence-electron chi connectivity index (χ1n) is 7.52. The molecule has 3 heteroatoms. The van der Waals surface area contributed by atoms with E-state index in [-0.39, 0.29) is 0 Å². The Morgan fingerprint density at radius 3 is 2.83 bits per heavy atom. The topological polar surface area (TPSA) is 24.5 Å². The number of nitrogens with one attached hydrogen (secondary N) is 1. The van der Waals surface area contributed by atoms with Crippen LogP contribution in [0, 0.1) is 5.41 Å². The average Bonchev–Trinajstić information content (AvgIpc) is 2.75. The van der Waals surface area contributed by atoms with E-state index < -0.39 is 0 Å². The van der Waals surface area contributed by atoms with Crippen molar-refractivity contribution in [3.63, 3.8) is 0 Å². The van der Waals surface area contributed by atoms with Crippen LogP contribution in [-0.2, 0) is 4.74 Å². The maximum absolute atomic E-state index is 6.11. The molecule has 3 atom stereocenters. The lowest BCUT2D eigenvalue weighted by Gasteiger charge is -2.39. The number of likely N-dealkylation sites (N-methyl/N-ethyl adjacent to an activating group) is 1. The molecule has 2 rings (SSSR count). The Morgan fingerprint density at radius 2 is 2.17 bits per heavy atom. The molecule has 3 nitrogen and oxygen atoms in total. The number of fused-ring (bicyclic) bond motifs is 1. The van der Waals surface area contributed by atoms with Gasteiger partial charge < -0.3 is 10.1 Å². The highest BCUT2D eigenvalue weighted by atomic mass is 16.5. The van der Waals surface area contributed by atoms with Crippen LogP contribution in [-0.4, -0.2) is 49.8 Å². The summed E-state index contributed by atoms with van der Waals surface area (Å²) in [7, 11) is 2.08. The quantitative estimate of drug-likeness (QED) is 0.833. The minimum Gasteiger partial charge on any atom is -0.374 e. The van der Waals surface area contributed by atoms with Gasteiger partial charge in [-0.05, 0) is 44.7 Å². The van der Waals surface area contributed by atoms with Gasteiger partial charge in [0.2, 0.25) is 0 Å². The van der Waals surface area contributed by atoms with Crippen LogP contribution in [0.15, 0.2) is 0 Å². The van der Waals surface area contributed by atoms with Gasteiger partial charge in [0.1, 0.15) is 0 Å². The molecule has 3 unspecified atom stereocenters. The molecule has 0 saturated carbocycles. The van der Waals surface area contributed by atoms with Crippen LogP contribution in [0.5, 0.6) is 0 Å². The van der Waals surface area contributed by atoms with Gasteiger partial charge in [-0.1, -0.05) is 20.8 Å². The maximum atomic E-state index is 6.11. The summed E-state index contributed by atoms with van der Waals surface area (Å²) >= 11 is 0. The predicted octanol–water partition coefficient (Wildman–Crippen LogP) is 2.26. The first kappa shape index (κ1) is 14.3. The van der Waals surface area contributed by atoms with Crippen molar-refractivity contribution < 1.29 is 4.74 Å². The fourth-order valence-corrected chi connectivity index (χ4v) is 3.19. The summed E-state index contributed by atoms with van der Waals surface area (Å²) in [5.74, 6) is 0. The van der Waals surface area contributed by atoms with Crippen molar-refractivity contribution in [1.29, 1.82) is 0 Å². The van der Waals surface area contributed by atoms with Gasteiger partial charge in [0.25, 0.3) is 0 Å². The molecular formula is C15H30N2O. The van der Waals surface area contributed by atoms with Gasteiger partial charge in [-0.3, -0.25) is 4.90 Å². The Labute approximate surface area is 112 Å². The monoisotopic (exact) mass is 254 g/mol. The maximum Gasteiger partial charge on any atom is 0.0855 e. The highest BCUT2D eigenvalue weighted by Crippen LogP contribution is 2.27. The summed E-state index contributed by atoms with van der Waals surface area (Å²) in [5.41, 5.74) is 0.417. The molecule has 2 heterocycles. The second kappa shape index (κ2) is 5.89. The lowest BCUT2D eigenvalue weighted by Crippen LogP contribution is -2.53. The molecule has 0 spiro atoms. The Balaban J connectivity index is 1.84. The number of morpholine rings is 1. The van der Waals surface area contributed by atoms with E-state index in [0.717, 1.165) is 13.2 Å². The third-order valence-corrected chi connectivity index (χ3v) is 4.44. The van der Waals surface area contributed by atoms with Crippen molar-refractivity contribution in [2.75, 3.05) is 26.7 Å². The van der Waals surface area contributed by atoms with Gasteiger partial charge in [0.05, 0.1) is 12.7 Å². The highest BCUT2D eigenvalue weighted by Gasteiger charge is 2.35. The minimum absolute atomic E-state index is 0.381. The largest absolute Gasteiger partial charge is 0.374 e. The van der Waals surface area contributed by atoms with Gasteiger partial charge in [0.15, 0.2) is 0 Å². The molecule has 2 saturated heterocycles. The number of nitrogens with zero attached hydrogens (tertiary/aromatic N) is 1. The van der Waals surface area contributed by atoms with E-state index in [1.54, 1.807) is 0 Å². The molecule has 2 fully saturated rings. The second-order valence-electron chi connectivity index (χ2n) is 7.16. The summed E-state index contributed by atoms with van der Waals surface area (Å²) in [6.07, 6.45) is 5.53. The lowest BCUT2D eigenvalue weighted by atomic mass is 9.87. The Morgan fingerprint density at radius 1 is 1.39 bits per heavy atom. The van der Waals surface area contributed by atoms with E-state index in [2.05, 4.69) is 38.0 Å². The average molecular weight is 254 g/mol. The number of ether oxygens (including phenoxy) is 1. The smallest absolute Gasteiger partial charge is 0.0855 e. The van der Waals surface area contributed by atoms with E-state index in [9.17, 15) is 0 Å². The molecule has 0 aromatic carbocycles. The zero-order chi connectivity index (χ0) is 13.2. The fourth-order valence-electron chi connectivity index (χ4n) is 3.19.